The number of rotatable bonds is 2. The van der Waals surface area contributed by atoms with E-state index in [9.17, 15) is 0 Å². The van der Waals surface area contributed by atoms with Crippen molar-refractivity contribution in [2.45, 2.75) is 44.7 Å². The zero-order valence-electron chi connectivity index (χ0n) is 11.3. The number of benzene rings is 1. The minimum absolute atomic E-state index is 0.374. The van der Waals surface area contributed by atoms with Crippen LogP contribution in [0.3, 0.4) is 0 Å². The van der Waals surface area contributed by atoms with Gasteiger partial charge in [-0.3, -0.25) is 0 Å². The number of aromatic nitrogens is 2. The molecule has 1 aromatic carbocycles. The maximum atomic E-state index is 5.94. The second-order valence-corrected chi connectivity index (χ2v) is 5.44. The first-order valence-electron chi connectivity index (χ1n) is 6.98. The van der Waals surface area contributed by atoms with Crippen molar-refractivity contribution < 1.29 is 0 Å². The van der Waals surface area contributed by atoms with Gasteiger partial charge in [0, 0.05) is 22.9 Å². The lowest BCUT2D eigenvalue weighted by atomic mass is 9.92. The molecule has 0 amide bonds. The molecule has 3 N–H and O–H groups in total. The fraction of sp³-hybridized carbons (Fsp3) is 0.467. The van der Waals surface area contributed by atoms with Crippen molar-refractivity contribution in [1.29, 1.82) is 0 Å². The van der Waals surface area contributed by atoms with Gasteiger partial charge in [0.1, 0.15) is 0 Å². The number of fused-ring (bicyclic) bond motifs is 1. The summed E-state index contributed by atoms with van der Waals surface area (Å²) < 4.78 is 0. The van der Waals surface area contributed by atoms with Crippen LogP contribution < -0.4 is 11.1 Å². The molecular weight excluding hydrogens is 236 g/mol. The monoisotopic (exact) mass is 256 g/mol. The molecule has 0 bridgehead atoms. The van der Waals surface area contributed by atoms with Crippen LogP contribution in [0, 0.1) is 6.92 Å². The van der Waals surface area contributed by atoms with Crippen LogP contribution in [0.15, 0.2) is 24.3 Å². The molecule has 0 unspecified atom stereocenters. The Labute approximate surface area is 113 Å². The van der Waals surface area contributed by atoms with Gasteiger partial charge >= 0.3 is 0 Å². The summed E-state index contributed by atoms with van der Waals surface area (Å²) in [7, 11) is 0. The second-order valence-electron chi connectivity index (χ2n) is 5.44. The highest BCUT2D eigenvalue weighted by atomic mass is 15.2. The molecule has 0 spiro atoms. The van der Waals surface area contributed by atoms with Gasteiger partial charge in [-0.1, -0.05) is 24.3 Å². The third-order valence-electron chi connectivity index (χ3n) is 3.98. The van der Waals surface area contributed by atoms with Crippen LogP contribution in [-0.4, -0.2) is 22.3 Å². The van der Waals surface area contributed by atoms with Crippen molar-refractivity contribution in [2.24, 2.45) is 5.73 Å². The first-order valence-corrected chi connectivity index (χ1v) is 6.98. The van der Waals surface area contributed by atoms with Crippen molar-refractivity contribution in [3.05, 3.63) is 30.0 Å². The lowest BCUT2D eigenvalue weighted by molar-refractivity contribution is 0.410. The summed E-state index contributed by atoms with van der Waals surface area (Å²) in [5.74, 6) is 0.904. The molecule has 100 valence electrons. The van der Waals surface area contributed by atoms with E-state index in [1.165, 1.54) is 5.39 Å². The number of hydrogen-bond donors (Lipinski definition) is 2. The van der Waals surface area contributed by atoms with Gasteiger partial charge in [-0.2, -0.15) is 5.10 Å². The van der Waals surface area contributed by atoms with Gasteiger partial charge in [-0.15, -0.1) is 5.10 Å². The van der Waals surface area contributed by atoms with Gasteiger partial charge in [-0.05, 0) is 32.6 Å². The van der Waals surface area contributed by atoms with E-state index in [0.717, 1.165) is 42.6 Å². The Morgan fingerprint density at radius 3 is 2.47 bits per heavy atom. The van der Waals surface area contributed by atoms with Crippen LogP contribution >= 0.6 is 0 Å². The SMILES string of the molecule is Cc1nnc(NC2CCC(N)CC2)c2ccccc12. The van der Waals surface area contributed by atoms with E-state index in [4.69, 9.17) is 5.73 Å². The molecule has 0 aliphatic heterocycles. The molecule has 1 heterocycles. The number of nitrogens with zero attached hydrogens (tertiary/aromatic N) is 2. The Hall–Kier alpha value is -1.68. The molecule has 0 radical (unpaired) electrons. The van der Waals surface area contributed by atoms with Gasteiger partial charge in [0.05, 0.1) is 5.69 Å². The lowest BCUT2D eigenvalue weighted by Crippen LogP contribution is -2.33. The van der Waals surface area contributed by atoms with Crippen molar-refractivity contribution in [3.8, 4) is 0 Å². The molecule has 0 atom stereocenters. The fourth-order valence-corrected chi connectivity index (χ4v) is 2.80. The molecule has 1 aromatic heterocycles. The van der Waals surface area contributed by atoms with Crippen molar-refractivity contribution >= 4 is 16.6 Å². The number of nitrogens with two attached hydrogens (primary N) is 1. The highest BCUT2D eigenvalue weighted by Crippen LogP contribution is 2.26. The smallest absolute Gasteiger partial charge is 0.156 e. The van der Waals surface area contributed by atoms with Gasteiger partial charge in [0.25, 0.3) is 0 Å². The van der Waals surface area contributed by atoms with E-state index < -0.39 is 0 Å². The Morgan fingerprint density at radius 1 is 1.05 bits per heavy atom. The number of hydrogen-bond acceptors (Lipinski definition) is 4. The number of aryl methyl sites for hydroxylation is 1. The fourth-order valence-electron chi connectivity index (χ4n) is 2.80. The Morgan fingerprint density at radius 2 is 1.74 bits per heavy atom. The lowest BCUT2D eigenvalue weighted by Gasteiger charge is -2.27. The predicted octanol–water partition coefficient (Wildman–Crippen LogP) is 2.62. The minimum atomic E-state index is 0.374. The zero-order valence-corrected chi connectivity index (χ0v) is 11.3. The van der Waals surface area contributed by atoms with E-state index in [2.05, 4.69) is 27.6 Å². The first-order chi connectivity index (χ1) is 9.24. The molecule has 4 heteroatoms. The van der Waals surface area contributed by atoms with Crippen molar-refractivity contribution in [1.82, 2.24) is 10.2 Å². The third-order valence-corrected chi connectivity index (χ3v) is 3.98. The maximum Gasteiger partial charge on any atom is 0.156 e. The molecule has 1 saturated carbocycles. The molecule has 1 aliphatic carbocycles. The normalized spacial score (nSPS) is 23.5. The van der Waals surface area contributed by atoms with E-state index >= 15 is 0 Å². The van der Waals surface area contributed by atoms with Gasteiger partial charge in [-0.25, -0.2) is 0 Å². The summed E-state index contributed by atoms with van der Waals surface area (Å²) in [6.07, 6.45) is 4.42. The first kappa shape index (κ1) is 12.4. The van der Waals surface area contributed by atoms with E-state index in [-0.39, 0.29) is 0 Å². The van der Waals surface area contributed by atoms with Crippen LogP contribution in [0.5, 0.6) is 0 Å². The highest BCUT2D eigenvalue weighted by molar-refractivity contribution is 5.92. The second kappa shape index (κ2) is 5.13. The zero-order chi connectivity index (χ0) is 13.2. The molecule has 1 fully saturated rings. The summed E-state index contributed by atoms with van der Waals surface area (Å²) in [5, 5.41) is 14.5. The molecule has 3 rings (SSSR count). The minimum Gasteiger partial charge on any atom is -0.365 e. The van der Waals surface area contributed by atoms with Gasteiger partial charge in [0.2, 0.25) is 0 Å². The van der Waals surface area contributed by atoms with E-state index in [1.54, 1.807) is 0 Å². The Kier molecular flexibility index (Phi) is 3.34. The van der Waals surface area contributed by atoms with Crippen LogP contribution in [0.4, 0.5) is 5.82 Å². The highest BCUT2D eigenvalue weighted by Gasteiger charge is 2.19. The van der Waals surface area contributed by atoms with Crippen LogP contribution in [0.1, 0.15) is 31.4 Å². The molecule has 1 aliphatic rings. The molecular formula is C15H20N4. The Balaban J connectivity index is 1.87. The topological polar surface area (TPSA) is 63.8 Å². The summed E-state index contributed by atoms with van der Waals surface area (Å²) in [6.45, 7) is 2.00. The van der Waals surface area contributed by atoms with Crippen molar-refractivity contribution in [3.63, 3.8) is 0 Å². The average molecular weight is 256 g/mol. The molecule has 19 heavy (non-hydrogen) atoms. The molecule has 0 saturated heterocycles. The Bertz CT molecular complexity index is 573. The summed E-state index contributed by atoms with van der Waals surface area (Å²) >= 11 is 0. The van der Waals surface area contributed by atoms with E-state index in [1.807, 2.05) is 19.1 Å². The quantitative estimate of drug-likeness (QED) is 0.867. The average Bonchev–Trinajstić information content (AvgIpc) is 2.45. The van der Waals surface area contributed by atoms with Crippen LogP contribution in [0.25, 0.3) is 10.8 Å². The van der Waals surface area contributed by atoms with Gasteiger partial charge in [0.15, 0.2) is 5.82 Å². The number of anilines is 1. The van der Waals surface area contributed by atoms with Crippen molar-refractivity contribution in [2.75, 3.05) is 5.32 Å². The summed E-state index contributed by atoms with van der Waals surface area (Å²) in [6, 6.07) is 9.14. The maximum absolute atomic E-state index is 5.94. The predicted molar refractivity (Wildman–Crippen MR) is 78.1 cm³/mol. The van der Waals surface area contributed by atoms with Gasteiger partial charge < -0.3 is 11.1 Å². The third kappa shape index (κ3) is 2.54. The summed E-state index contributed by atoms with van der Waals surface area (Å²) in [4.78, 5) is 0. The van der Waals surface area contributed by atoms with Crippen LogP contribution in [-0.2, 0) is 0 Å². The standard InChI is InChI=1S/C15H20N4/c1-10-13-4-2-3-5-14(13)15(19-18-10)17-12-8-6-11(16)7-9-12/h2-5,11-12H,6-9,16H2,1H3,(H,17,19). The van der Waals surface area contributed by atoms with E-state index in [0.29, 0.717) is 12.1 Å². The number of nitrogens with one attached hydrogen (secondary N) is 1. The molecule has 2 aromatic rings. The summed E-state index contributed by atoms with van der Waals surface area (Å²) in [5.41, 5.74) is 6.92. The largest absolute Gasteiger partial charge is 0.365 e. The molecule has 4 nitrogen and oxygen atoms in total. The van der Waals surface area contributed by atoms with Crippen LogP contribution in [0.2, 0.25) is 0 Å².